The van der Waals surface area contributed by atoms with Crippen LogP contribution in [0.5, 0.6) is 5.75 Å². The molecule has 27 heavy (non-hydrogen) atoms. The second-order valence-electron chi connectivity index (χ2n) is 5.58. The average Bonchev–Trinajstić information content (AvgIpc) is 2.64. The van der Waals surface area contributed by atoms with Gasteiger partial charge in [0.05, 0.1) is 18.6 Å². The van der Waals surface area contributed by atoms with E-state index in [0.29, 0.717) is 0 Å². The molecule has 140 valence electrons. The number of benzene rings is 1. The summed E-state index contributed by atoms with van der Waals surface area (Å²) < 4.78 is 32.4. The van der Waals surface area contributed by atoms with Crippen LogP contribution in [0.1, 0.15) is 47.1 Å². The number of nitrogens with zero attached hydrogens (tertiary/aromatic N) is 2. The van der Waals surface area contributed by atoms with Gasteiger partial charge in [-0.1, -0.05) is 6.07 Å². The van der Waals surface area contributed by atoms with Crippen LogP contribution in [-0.2, 0) is 16.0 Å². The van der Waals surface area contributed by atoms with Crippen molar-refractivity contribution in [2.24, 2.45) is 0 Å². The van der Waals surface area contributed by atoms with Crippen LogP contribution in [0.4, 0.5) is 8.78 Å². The average molecular weight is 374 g/mol. The van der Waals surface area contributed by atoms with E-state index in [0.717, 1.165) is 18.2 Å². The van der Waals surface area contributed by atoms with E-state index in [-0.39, 0.29) is 42.7 Å². The van der Waals surface area contributed by atoms with Crippen LogP contribution in [-0.4, -0.2) is 28.4 Å². The molecule has 1 N–H and O–H groups in total. The van der Waals surface area contributed by atoms with E-state index < -0.39 is 34.8 Å². The molecule has 0 fully saturated rings. The van der Waals surface area contributed by atoms with Crippen LogP contribution in [0.15, 0.2) is 24.3 Å². The van der Waals surface area contributed by atoms with Crippen LogP contribution < -0.4 is 0 Å². The van der Waals surface area contributed by atoms with Gasteiger partial charge in [0.2, 0.25) is 0 Å². The second-order valence-corrected chi connectivity index (χ2v) is 5.58. The Labute approximate surface area is 154 Å². The van der Waals surface area contributed by atoms with Gasteiger partial charge < -0.3 is 9.84 Å². The zero-order chi connectivity index (χ0) is 20.0. The summed E-state index contributed by atoms with van der Waals surface area (Å²) >= 11 is 0. The van der Waals surface area contributed by atoms with E-state index in [4.69, 9.17) is 10.00 Å². The van der Waals surface area contributed by atoms with Crippen molar-refractivity contribution < 1.29 is 28.2 Å². The molecule has 1 aromatic carbocycles. The highest BCUT2D eigenvalue weighted by Crippen LogP contribution is 2.25. The summed E-state index contributed by atoms with van der Waals surface area (Å²) in [4.78, 5) is 27.6. The van der Waals surface area contributed by atoms with Crippen molar-refractivity contribution in [3.8, 4) is 11.8 Å². The van der Waals surface area contributed by atoms with Crippen molar-refractivity contribution in [1.82, 2.24) is 4.98 Å². The smallest absolute Gasteiger partial charge is 0.306 e. The first kappa shape index (κ1) is 20.0. The number of pyridine rings is 1. The van der Waals surface area contributed by atoms with E-state index >= 15 is 0 Å². The molecule has 0 bridgehead atoms. The van der Waals surface area contributed by atoms with Crippen molar-refractivity contribution >= 4 is 11.8 Å². The van der Waals surface area contributed by atoms with Crippen LogP contribution >= 0.6 is 0 Å². The lowest BCUT2D eigenvalue weighted by Gasteiger charge is -2.09. The topological polar surface area (TPSA) is 100 Å². The van der Waals surface area contributed by atoms with Crippen LogP contribution in [0, 0.1) is 23.0 Å². The molecule has 0 atom stereocenters. The van der Waals surface area contributed by atoms with Gasteiger partial charge in [0.1, 0.15) is 23.4 Å². The Morgan fingerprint density at radius 2 is 1.93 bits per heavy atom. The van der Waals surface area contributed by atoms with Crippen molar-refractivity contribution in [2.75, 3.05) is 6.61 Å². The molecule has 6 nitrogen and oxygen atoms in total. The fourth-order valence-electron chi connectivity index (χ4n) is 2.41. The van der Waals surface area contributed by atoms with Crippen molar-refractivity contribution in [2.45, 2.75) is 26.2 Å². The summed E-state index contributed by atoms with van der Waals surface area (Å²) in [6.07, 6.45) is -0.824. The van der Waals surface area contributed by atoms with Gasteiger partial charge in [0.15, 0.2) is 11.5 Å². The fourth-order valence-corrected chi connectivity index (χ4v) is 2.41. The van der Waals surface area contributed by atoms with Gasteiger partial charge >= 0.3 is 5.97 Å². The Morgan fingerprint density at radius 3 is 2.52 bits per heavy atom. The number of ketones is 1. The Bertz CT molecular complexity index is 902. The molecule has 1 heterocycles. The summed E-state index contributed by atoms with van der Waals surface area (Å²) in [6.45, 7) is 1.79. The monoisotopic (exact) mass is 374 g/mol. The second kappa shape index (κ2) is 8.85. The molecular weight excluding hydrogens is 358 g/mol. The molecule has 0 aliphatic carbocycles. The number of Topliss-reactive ketones (excluding diaryl/α,β-unsaturated/α-hetero) is 1. The third-order valence-corrected chi connectivity index (χ3v) is 3.71. The SMILES string of the molecule is CCOC(=O)CCC(=O)c1nc(Cc2c(F)cccc2F)cc(C#N)c1O. The van der Waals surface area contributed by atoms with Crippen molar-refractivity contribution in [1.29, 1.82) is 5.26 Å². The number of carbonyl (C=O) groups is 2. The lowest BCUT2D eigenvalue weighted by atomic mass is 10.0. The molecule has 2 rings (SSSR count). The summed E-state index contributed by atoms with van der Waals surface area (Å²) in [6, 6.07) is 6.24. The zero-order valence-corrected chi connectivity index (χ0v) is 14.5. The molecule has 1 aromatic heterocycles. The Kier molecular flexibility index (Phi) is 6.55. The summed E-state index contributed by atoms with van der Waals surface area (Å²) in [5, 5.41) is 19.2. The fraction of sp³-hybridized carbons (Fsp3) is 0.263. The molecule has 0 spiro atoms. The van der Waals surface area contributed by atoms with Gasteiger partial charge in [-0.25, -0.2) is 13.8 Å². The number of aromatic hydroxyl groups is 1. The van der Waals surface area contributed by atoms with E-state index in [2.05, 4.69) is 4.98 Å². The zero-order valence-electron chi connectivity index (χ0n) is 14.5. The summed E-state index contributed by atoms with van der Waals surface area (Å²) in [5.41, 5.74) is -0.918. The van der Waals surface area contributed by atoms with E-state index in [1.54, 1.807) is 13.0 Å². The predicted molar refractivity (Wildman–Crippen MR) is 90.0 cm³/mol. The van der Waals surface area contributed by atoms with Crippen LogP contribution in [0.25, 0.3) is 0 Å². The van der Waals surface area contributed by atoms with Gasteiger partial charge in [0, 0.05) is 24.1 Å². The highest BCUT2D eigenvalue weighted by Gasteiger charge is 2.21. The summed E-state index contributed by atoms with van der Waals surface area (Å²) in [7, 11) is 0. The van der Waals surface area contributed by atoms with Crippen molar-refractivity contribution in [3.63, 3.8) is 0 Å². The van der Waals surface area contributed by atoms with Gasteiger partial charge in [-0.15, -0.1) is 0 Å². The lowest BCUT2D eigenvalue weighted by molar-refractivity contribution is -0.143. The minimum absolute atomic E-state index is 0.0350. The largest absolute Gasteiger partial charge is 0.504 e. The number of aromatic nitrogens is 1. The van der Waals surface area contributed by atoms with Gasteiger partial charge in [-0.3, -0.25) is 9.59 Å². The molecule has 0 unspecified atom stereocenters. The minimum Gasteiger partial charge on any atom is -0.504 e. The van der Waals surface area contributed by atoms with Crippen LogP contribution in [0.3, 0.4) is 0 Å². The molecule has 8 heteroatoms. The number of hydrogen-bond donors (Lipinski definition) is 1. The third kappa shape index (κ3) is 4.85. The van der Waals surface area contributed by atoms with Gasteiger partial charge in [0.25, 0.3) is 0 Å². The quantitative estimate of drug-likeness (QED) is 0.591. The number of hydrogen-bond acceptors (Lipinski definition) is 6. The molecule has 0 saturated heterocycles. The highest BCUT2D eigenvalue weighted by atomic mass is 19.1. The molecule has 0 saturated carbocycles. The Hall–Kier alpha value is -3.34. The summed E-state index contributed by atoms with van der Waals surface area (Å²) in [5.74, 6) is -3.50. The maximum atomic E-state index is 13.8. The van der Waals surface area contributed by atoms with E-state index in [1.807, 2.05) is 0 Å². The number of halogens is 2. The van der Waals surface area contributed by atoms with Gasteiger partial charge in [-0.2, -0.15) is 5.26 Å². The number of nitriles is 1. The lowest BCUT2D eigenvalue weighted by Crippen LogP contribution is -2.11. The first-order valence-electron chi connectivity index (χ1n) is 8.12. The normalized spacial score (nSPS) is 10.3. The minimum atomic E-state index is -0.793. The first-order valence-corrected chi connectivity index (χ1v) is 8.12. The number of carbonyl (C=O) groups excluding carboxylic acids is 2. The third-order valence-electron chi connectivity index (χ3n) is 3.71. The van der Waals surface area contributed by atoms with Crippen LogP contribution in [0.2, 0.25) is 0 Å². The molecule has 0 aliphatic heterocycles. The van der Waals surface area contributed by atoms with Crippen molar-refractivity contribution in [3.05, 3.63) is 58.4 Å². The molecular formula is C19H16F2N2O4. The first-order chi connectivity index (χ1) is 12.9. The molecule has 0 radical (unpaired) electrons. The molecule has 0 amide bonds. The standard InChI is InChI=1S/C19H16F2N2O4/c1-2-27-17(25)7-6-16(24)18-19(26)11(10-22)8-12(23-18)9-13-14(20)4-3-5-15(13)21/h3-5,8,26H,2,6-7,9H2,1H3. The number of rotatable bonds is 7. The molecule has 2 aromatic rings. The molecule has 0 aliphatic rings. The van der Waals surface area contributed by atoms with Gasteiger partial charge in [-0.05, 0) is 25.1 Å². The number of esters is 1. The van der Waals surface area contributed by atoms with E-state index in [1.165, 1.54) is 6.07 Å². The van der Waals surface area contributed by atoms with E-state index in [9.17, 15) is 23.5 Å². The Morgan fingerprint density at radius 1 is 1.26 bits per heavy atom. The maximum absolute atomic E-state index is 13.8. The highest BCUT2D eigenvalue weighted by molar-refractivity contribution is 5.98. The maximum Gasteiger partial charge on any atom is 0.306 e. The predicted octanol–water partition coefficient (Wildman–Crippen LogP) is 3.05. The number of ether oxygens (including phenoxy) is 1. The Balaban J connectivity index is 2.33.